The Morgan fingerprint density at radius 3 is 1.96 bits per heavy atom. The van der Waals surface area contributed by atoms with Crippen molar-refractivity contribution in [2.24, 2.45) is 10.8 Å². The van der Waals surface area contributed by atoms with E-state index in [2.05, 4.69) is 174 Å². The van der Waals surface area contributed by atoms with Crippen LogP contribution in [0.5, 0.6) is 0 Å². The molecule has 2 aromatic heterocycles. The molecule has 1 radical (unpaired) electrons. The molecule has 7 rings (SSSR count). The summed E-state index contributed by atoms with van der Waals surface area (Å²) in [7, 11) is 0. The summed E-state index contributed by atoms with van der Waals surface area (Å²) in [5.41, 5.74) is 10.9. The van der Waals surface area contributed by atoms with Gasteiger partial charge in [0.15, 0.2) is 0 Å². The zero-order chi connectivity index (χ0) is 34.6. The Hall–Kier alpha value is -4.43. The molecule has 5 aromatic carbocycles. The van der Waals surface area contributed by atoms with E-state index < -0.39 is 0 Å². The van der Waals surface area contributed by atoms with Crippen LogP contribution in [0.15, 0.2) is 128 Å². The van der Waals surface area contributed by atoms with Gasteiger partial charge in [-0.15, -0.1) is 70.8 Å². The van der Waals surface area contributed by atoms with Crippen LogP contribution in [0.3, 0.4) is 0 Å². The van der Waals surface area contributed by atoms with Gasteiger partial charge in [0.05, 0.1) is 0 Å². The Bertz CT molecular complexity index is 2180. The van der Waals surface area contributed by atoms with E-state index in [0.717, 1.165) is 35.4 Å². The van der Waals surface area contributed by atoms with Gasteiger partial charge in [-0.1, -0.05) is 121 Å². The third kappa shape index (κ3) is 9.42. The summed E-state index contributed by atoms with van der Waals surface area (Å²) in [5, 5.41) is 5.11. The van der Waals surface area contributed by atoms with Gasteiger partial charge in [-0.3, -0.25) is 0 Å². The van der Waals surface area contributed by atoms with Gasteiger partial charge >= 0.3 is 0 Å². The average Bonchev–Trinajstić information content (AvgIpc) is 3.08. The van der Waals surface area contributed by atoms with E-state index in [1.807, 2.05) is 24.5 Å². The molecule has 255 valence electrons. The van der Waals surface area contributed by atoms with E-state index in [-0.39, 0.29) is 25.5 Å². The number of aryl methyl sites for hydroxylation is 1. The van der Waals surface area contributed by atoms with Crippen LogP contribution in [0.25, 0.3) is 55.2 Å². The summed E-state index contributed by atoms with van der Waals surface area (Å²) in [6.45, 7) is 15.6. The first-order valence-electron chi connectivity index (χ1n) is 17.2. The number of fused-ring (bicyclic) bond motifs is 3. The second-order valence-electron chi connectivity index (χ2n) is 15.5. The smallest absolute Gasteiger partial charge is 0.0193 e. The molecule has 0 aliphatic rings. The third-order valence-electron chi connectivity index (χ3n) is 8.52. The topological polar surface area (TPSA) is 25.8 Å². The molecule has 0 bridgehead atoms. The fraction of sp³-hybridized carbons (Fsp3) is 0.234. The maximum atomic E-state index is 4.66. The van der Waals surface area contributed by atoms with Gasteiger partial charge in [0.2, 0.25) is 0 Å². The standard InChI is InChI=1S/C30H26N.C17H20N.Ir/c1-30(2,3)20-21-15-16-31-29(17-21)24-11-8-10-22(18-24)28-19-23-9-4-5-12-25(23)26-13-6-7-14-27(26)28;1-13-5-8-15(9-6-13)16-10-7-14(12-18-16)11-17(2,3)4;/h4-10,12-19H,20H2,1-3H3;5-8,10,12H,11H2,1-4H3;/q2*-1;. The number of rotatable bonds is 5. The third-order valence-corrected chi connectivity index (χ3v) is 8.52. The quantitative estimate of drug-likeness (QED) is 0.128. The summed E-state index contributed by atoms with van der Waals surface area (Å²) in [5.74, 6) is 0. The molecule has 0 saturated heterocycles. The number of benzene rings is 5. The number of pyridine rings is 2. The molecule has 0 aliphatic heterocycles. The van der Waals surface area contributed by atoms with Gasteiger partial charge in [0, 0.05) is 32.5 Å². The predicted molar refractivity (Wildman–Crippen MR) is 209 cm³/mol. The van der Waals surface area contributed by atoms with E-state index >= 15 is 0 Å². The van der Waals surface area contributed by atoms with Crippen LogP contribution in [0.1, 0.15) is 58.2 Å². The molecule has 2 nitrogen and oxygen atoms in total. The molecular formula is C47H46IrN2-2. The van der Waals surface area contributed by atoms with Gasteiger partial charge in [-0.05, 0) is 79.9 Å². The van der Waals surface area contributed by atoms with Crippen molar-refractivity contribution in [2.75, 3.05) is 0 Å². The summed E-state index contributed by atoms with van der Waals surface area (Å²) in [6.07, 6.45) is 5.98. The Morgan fingerprint density at radius 1 is 0.580 bits per heavy atom. The number of hydrogen-bond donors (Lipinski definition) is 0. The molecule has 0 saturated carbocycles. The van der Waals surface area contributed by atoms with Crippen LogP contribution in [0.2, 0.25) is 0 Å². The first-order chi connectivity index (χ1) is 23.4. The van der Waals surface area contributed by atoms with Crippen molar-refractivity contribution < 1.29 is 20.1 Å². The zero-order valence-corrected chi connectivity index (χ0v) is 32.7. The monoisotopic (exact) mass is 831 g/mol. The number of hydrogen-bond acceptors (Lipinski definition) is 2. The molecule has 0 aliphatic carbocycles. The van der Waals surface area contributed by atoms with E-state index in [1.165, 1.54) is 49.4 Å². The van der Waals surface area contributed by atoms with Crippen molar-refractivity contribution in [3.63, 3.8) is 0 Å². The molecule has 0 atom stereocenters. The normalized spacial score (nSPS) is 11.5. The Labute approximate surface area is 312 Å². The summed E-state index contributed by atoms with van der Waals surface area (Å²) >= 11 is 0. The minimum Gasteiger partial charge on any atom is -0.305 e. The van der Waals surface area contributed by atoms with Crippen molar-refractivity contribution in [3.8, 4) is 33.6 Å². The maximum absolute atomic E-state index is 4.66. The van der Waals surface area contributed by atoms with Crippen molar-refractivity contribution in [2.45, 2.75) is 61.3 Å². The van der Waals surface area contributed by atoms with Crippen molar-refractivity contribution in [3.05, 3.63) is 156 Å². The van der Waals surface area contributed by atoms with Gasteiger partial charge in [0.1, 0.15) is 0 Å². The fourth-order valence-electron chi connectivity index (χ4n) is 6.38. The molecule has 0 fully saturated rings. The first kappa shape index (κ1) is 36.8. The molecule has 0 amide bonds. The van der Waals surface area contributed by atoms with Crippen LogP contribution < -0.4 is 0 Å². The van der Waals surface area contributed by atoms with E-state index in [1.54, 1.807) is 0 Å². The Kier molecular flexibility index (Phi) is 11.5. The summed E-state index contributed by atoms with van der Waals surface area (Å²) in [6, 6.07) is 47.4. The van der Waals surface area contributed by atoms with Gasteiger partial charge in [-0.2, -0.15) is 0 Å². The van der Waals surface area contributed by atoms with Crippen LogP contribution in [-0.2, 0) is 32.9 Å². The van der Waals surface area contributed by atoms with Crippen LogP contribution in [-0.4, -0.2) is 9.97 Å². The zero-order valence-electron chi connectivity index (χ0n) is 30.3. The van der Waals surface area contributed by atoms with Gasteiger partial charge < -0.3 is 9.97 Å². The van der Waals surface area contributed by atoms with Crippen molar-refractivity contribution >= 4 is 21.5 Å². The minimum atomic E-state index is 0. The van der Waals surface area contributed by atoms with Gasteiger partial charge in [-0.25, -0.2) is 0 Å². The molecule has 7 aromatic rings. The predicted octanol–water partition coefficient (Wildman–Crippen LogP) is 12.6. The van der Waals surface area contributed by atoms with Crippen molar-refractivity contribution in [1.82, 2.24) is 9.97 Å². The molecule has 0 spiro atoms. The van der Waals surface area contributed by atoms with Crippen LogP contribution >= 0.6 is 0 Å². The first-order valence-corrected chi connectivity index (χ1v) is 17.2. The van der Waals surface area contributed by atoms with Gasteiger partial charge in [0.25, 0.3) is 0 Å². The maximum Gasteiger partial charge on any atom is 0.0193 e. The largest absolute Gasteiger partial charge is 0.305 e. The second-order valence-corrected chi connectivity index (χ2v) is 15.5. The van der Waals surface area contributed by atoms with Crippen molar-refractivity contribution in [1.29, 1.82) is 0 Å². The molecule has 2 heterocycles. The second kappa shape index (κ2) is 15.6. The Balaban J connectivity index is 0.000000219. The number of aromatic nitrogens is 2. The minimum absolute atomic E-state index is 0. The van der Waals surface area contributed by atoms with Crippen LogP contribution in [0.4, 0.5) is 0 Å². The van der Waals surface area contributed by atoms with Crippen LogP contribution in [0, 0.1) is 29.9 Å². The summed E-state index contributed by atoms with van der Waals surface area (Å²) < 4.78 is 0. The summed E-state index contributed by atoms with van der Waals surface area (Å²) in [4.78, 5) is 9.19. The molecule has 0 N–H and O–H groups in total. The molecular weight excluding hydrogens is 785 g/mol. The number of nitrogens with zero attached hydrogens (tertiary/aromatic N) is 2. The SMILES string of the molecule is CC(C)(C)Cc1ccnc(-c2[c-]ccc(-c3cc4ccccc4c4ccccc34)c2)c1.Cc1c[c-]c(-c2ccc(CC(C)(C)C)cn2)cc1.[Ir]. The van der Waals surface area contributed by atoms with E-state index in [9.17, 15) is 0 Å². The molecule has 50 heavy (non-hydrogen) atoms. The Morgan fingerprint density at radius 2 is 1.28 bits per heavy atom. The van der Waals surface area contributed by atoms with E-state index in [4.69, 9.17) is 0 Å². The fourth-order valence-corrected chi connectivity index (χ4v) is 6.38. The average molecular weight is 831 g/mol. The molecule has 3 heteroatoms. The van der Waals surface area contributed by atoms with E-state index in [0.29, 0.717) is 5.41 Å². The molecule has 0 unspecified atom stereocenters.